The molecule has 0 unspecified atom stereocenters. The number of anilines is 1. The molecule has 0 saturated heterocycles. The van der Waals surface area contributed by atoms with Gasteiger partial charge in [-0.15, -0.1) is 0 Å². The first kappa shape index (κ1) is 20.0. The maximum Gasteiger partial charge on any atom is 0.240 e. The molecule has 1 aromatic carbocycles. The van der Waals surface area contributed by atoms with Crippen LogP contribution in [0.3, 0.4) is 0 Å². The van der Waals surface area contributed by atoms with Gasteiger partial charge in [0.25, 0.3) is 0 Å². The molecular formula is C18H29N3O3. The third kappa shape index (κ3) is 7.00. The van der Waals surface area contributed by atoms with Crippen molar-refractivity contribution >= 4 is 17.5 Å². The number of nitrogens with zero attached hydrogens (tertiary/aromatic N) is 2. The molecule has 0 saturated carbocycles. The normalized spacial score (nSPS) is 10.8. The summed E-state index contributed by atoms with van der Waals surface area (Å²) in [4.78, 5) is 27.7. The lowest BCUT2D eigenvalue weighted by Crippen LogP contribution is -2.40. The molecule has 0 atom stereocenters. The first-order valence-electron chi connectivity index (χ1n) is 8.26. The number of para-hydroxylation sites is 2. The standard InChI is InChI=1S/C18H29N3O3/c1-14(2)24-17-10-7-6-9-16(17)21(15(3)22)13-18(23)19-11-8-12-20(4)5/h6-7,9-10,14H,8,11-13H2,1-5H3,(H,19,23). The van der Waals surface area contributed by atoms with Gasteiger partial charge in [0.1, 0.15) is 12.3 Å². The Labute approximate surface area is 144 Å². The Kier molecular flexibility index (Phi) is 8.26. The third-order valence-corrected chi connectivity index (χ3v) is 3.30. The Morgan fingerprint density at radius 2 is 1.88 bits per heavy atom. The molecule has 6 nitrogen and oxygen atoms in total. The fourth-order valence-corrected chi connectivity index (χ4v) is 2.22. The van der Waals surface area contributed by atoms with E-state index in [2.05, 4.69) is 10.2 Å². The van der Waals surface area contributed by atoms with Crippen LogP contribution in [0.25, 0.3) is 0 Å². The molecule has 0 spiro atoms. The van der Waals surface area contributed by atoms with E-state index < -0.39 is 0 Å². The number of nitrogens with one attached hydrogen (secondary N) is 1. The van der Waals surface area contributed by atoms with E-state index in [4.69, 9.17) is 4.74 Å². The second kappa shape index (κ2) is 9.93. The van der Waals surface area contributed by atoms with Gasteiger partial charge in [-0.3, -0.25) is 14.5 Å². The van der Waals surface area contributed by atoms with Crippen LogP contribution in [0.4, 0.5) is 5.69 Å². The molecule has 6 heteroatoms. The average Bonchev–Trinajstić information content (AvgIpc) is 2.49. The van der Waals surface area contributed by atoms with Gasteiger partial charge in [-0.1, -0.05) is 12.1 Å². The smallest absolute Gasteiger partial charge is 0.240 e. The molecule has 1 N–H and O–H groups in total. The molecule has 0 heterocycles. The zero-order valence-electron chi connectivity index (χ0n) is 15.3. The van der Waals surface area contributed by atoms with Crippen molar-refractivity contribution < 1.29 is 14.3 Å². The number of carbonyl (C=O) groups is 2. The number of hydrogen-bond donors (Lipinski definition) is 1. The van der Waals surface area contributed by atoms with E-state index in [0.717, 1.165) is 13.0 Å². The quantitative estimate of drug-likeness (QED) is 0.700. The summed E-state index contributed by atoms with van der Waals surface area (Å²) in [6, 6.07) is 7.27. The van der Waals surface area contributed by atoms with Crippen LogP contribution in [0.5, 0.6) is 5.75 Å². The van der Waals surface area contributed by atoms with E-state index in [1.807, 2.05) is 40.1 Å². The van der Waals surface area contributed by atoms with Crippen molar-refractivity contribution in [2.24, 2.45) is 0 Å². The lowest BCUT2D eigenvalue weighted by atomic mass is 10.2. The summed E-state index contributed by atoms with van der Waals surface area (Å²) < 4.78 is 5.75. The van der Waals surface area contributed by atoms with Crippen LogP contribution in [0.1, 0.15) is 27.2 Å². The van der Waals surface area contributed by atoms with E-state index >= 15 is 0 Å². The van der Waals surface area contributed by atoms with Crippen molar-refractivity contribution in [1.82, 2.24) is 10.2 Å². The molecule has 134 valence electrons. The van der Waals surface area contributed by atoms with Gasteiger partial charge >= 0.3 is 0 Å². The van der Waals surface area contributed by atoms with Crippen molar-refractivity contribution in [3.63, 3.8) is 0 Å². The largest absolute Gasteiger partial charge is 0.489 e. The zero-order valence-corrected chi connectivity index (χ0v) is 15.3. The van der Waals surface area contributed by atoms with Gasteiger partial charge in [-0.2, -0.15) is 0 Å². The maximum atomic E-state index is 12.1. The molecule has 0 radical (unpaired) electrons. The van der Waals surface area contributed by atoms with Gasteiger partial charge in [0.2, 0.25) is 11.8 Å². The molecule has 1 aromatic rings. The van der Waals surface area contributed by atoms with Gasteiger partial charge in [0, 0.05) is 13.5 Å². The van der Waals surface area contributed by atoms with Crippen LogP contribution in [-0.4, -0.2) is 56.5 Å². The van der Waals surface area contributed by atoms with Crippen molar-refractivity contribution in [2.45, 2.75) is 33.3 Å². The Morgan fingerprint density at radius 3 is 2.46 bits per heavy atom. The van der Waals surface area contributed by atoms with E-state index in [-0.39, 0.29) is 24.5 Å². The first-order valence-corrected chi connectivity index (χ1v) is 8.26. The number of hydrogen-bond acceptors (Lipinski definition) is 4. The van der Waals surface area contributed by atoms with Crippen LogP contribution in [-0.2, 0) is 9.59 Å². The minimum Gasteiger partial charge on any atom is -0.489 e. The lowest BCUT2D eigenvalue weighted by Gasteiger charge is -2.24. The Bertz CT molecular complexity index is 544. The second-order valence-corrected chi connectivity index (χ2v) is 6.25. The molecule has 0 aromatic heterocycles. The summed E-state index contributed by atoms with van der Waals surface area (Å²) in [7, 11) is 3.98. The molecule has 0 bridgehead atoms. The van der Waals surface area contributed by atoms with Crippen LogP contribution >= 0.6 is 0 Å². The molecule has 0 aliphatic rings. The second-order valence-electron chi connectivity index (χ2n) is 6.25. The molecule has 0 aliphatic heterocycles. The highest BCUT2D eigenvalue weighted by atomic mass is 16.5. The lowest BCUT2D eigenvalue weighted by molar-refractivity contribution is -0.123. The maximum absolute atomic E-state index is 12.1. The summed E-state index contributed by atoms with van der Waals surface area (Å²) in [6.45, 7) is 6.77. The summed E-state index contributed by atoms with van der Waals surface area (Å²) in [6.07, 6.45) is 0.853. The summed E-state index contributed by atoms with van der Waals surface area (Å²) in [5.41, 5.74) is 0.613. The molecule has 2 amide bonds. The summed E-state index contributed by atoms with van der Waals surface area (Å²) in [5, 5.41) is 2.85. The Morgan fingerprint density at radius 1 is 1.21 bits per heavy atom. The molecule has 1 rings (SSSR count). The van der Waals surface area contributed by atoms with Gasteiger partial charge < -0.3 is 15.0 Å². The van der Waals surface area contributed by atoms with Crippen molar-refractivity contribution in [1.29, 1.82) is 0 Å². The van der Waals surface area contributed by atoms with Crippen LogP contribution < -0.4 is 15.0 Å². The van der Waals surface area contributed by atoms with Crippen molar-refractivity contribution in [3.05, 3.63) is 24.3 Å². The number of rotatable bonds is 9. The molecular weight excluding hydrogens is 306 g/mol. The number of benzene rings is 1. The molecule has 0 fully saturated rings. The molecule has 24 heavy (non-hydrogen) atoms. The average molecular weight is 335 g/mol. The Hall–Kier alpha value is -2.08. The monoisotopic (exact) mass is 335 g/mol. The number of carbonyl (C=O) groups excluding carboxylic acids is 2. The van der Waals surface area contributed by atoms with Gasteiger partial charge in [0.15, 0.2) is 0 Å². The van der Waals surface area contributed by atoms with Crippen molar-refractivity contribution in [2.75, 3.05) is 38.6 Å². The molecule has 0 aliphatic carbocycles. The highest BCUT2D eigenvalue weighted by molar-refractivity contribution is 5.98. The van der Waals surface area contributed by atoms with Crippen LogP contribution in [0.15, 0.2) is 24.3 Å². The number of amides is 2. The SMILES string of the molecule is CC(=O)N(CC(=O)NCCCN(C)C)c1ccccc1OC(C)C. The van der Waals surface area contributed by atoms with Crippen LogP contribution in [0.2, 0.25) is 0 Å². The van der Waals surface area contributed by atoms with Gasteiger partial charge in [0.05, 0.1) is 11.8 Å². The van der Waals surface area contributed by atoms with Crippen LogP contribution in [0, 0.1) is 0 Å². The topological polar surface area (TPSA) is 61.9 Å². The highest BCUT2D eigenvalue weighted by Gasteiger charge is 2.19. The third-order valence-electron chi connectivity index (χ3n) is 3.30. The van der Waals surface area contributed by atoms with E-state index in [1.165, 1.54) is 11.8 Å². The Balaban J connectivity index is 2.74. The fourth-order valence-electron chi connectivity index (χ4n) is 2.22. The van der Waals surface area contributed by atoms with Gasteiger partial charge in [-0.05, 0) is 53.0 Å². The highest BCUT2D eigenvalue weighted by Crippen LogP contribution is 2.28. The van der Waals surface area contributed by atoms with Crippen molar-refractivity contribution in [3.8, 4) is 5.75 Å². The predicted octanol–water partition coefficient (Wildman–Crippen LogP) is 1.89. The minimum atomic E-state index is -0.196. The number of ether oxygens (including phenoxy) is 1. The van der Waals surface area contributed by atoms with E-state index in [1.54, 1.807) is 12.1 Å². The summed E-state index contributed by atoms with van der Waals surface area (Å²) >= 11 is 0. The minimum absolute atomic E-state index is 0.0141. The first-order chi connectivity index (χ1) is 11.3. The van der Waals surface area contributed by atoms with E-state index in [9.17, 15) is 9.59 Å². The van der Waals surface area contributed by atoms with E-state index in [0.29, 0.717) is 18.0 Å². The van der Waals surface area contributed by atoms with Gasteiger partial charge in [-0.25, -0.2) is 0 Å². The zero-order chi connectivity index (χ0) is 18.1. The fraction of sp³-hybridized carbons (Fsp3) is 0.556. The predicted molar refractivity (Wildman–Crippen MR) is 96.4 cm³/mol. The summed E-state index contributed by atoms with van der Waals surface area (Å²) in [5.74, 6) is 0.227.